The van der Waals surface area contributed by atoms with Crippen LogP contribution in [0.25, 0.3) is 0 Å². The Morgan fingerprint density at radius 1 is 1.00 bits per heavy atom. The first kappa shape index (κ1) is 32.0. The molecular weight excluding hydrogens is 488 g/mol. The van der Waals surface area contributed by atoms with Gasteiger partial charge in [0, 0.05) is 49.5 Å². The summed E-state index contributed by atoms with van der Waals surface area (Å²) in [7, 11) is 0. The van der Waals surface area contributed by atoms with E-state index in [0.29, 0.717) is 29.7 Å². The summed E-state index contributed by atoms with van der Waals surface area (Å²) in [5.74, 6) is 0.927. The van der Waals surface area contributed by atoms with Gasteiger partial charge in [-0.3, -0.25) is 9.69 Å². The Balaban J connectivity index is 0.000000352. The zero-order chi connectivity index (χ0) is 27.8. The first-order valence-electron chi connectivity index (χ1n) is 13.2. The average Bonchev–Trinajstić information content (AvgIpc) is 3.40. The minimum atomic E-state index is 0.0319. The van der Waals surface area contributed by atoms with Gasteiger partial charge in [0.05, 0.1) is 11.4 Å². The molecule has 0 atom stereocenters. The highest BCUT2D eigenvalue weighted by Crippen LogP contribution is 2.30. The van der Waals surface area contributed by atoms with Crippen LogP contribution in [0.2, 0.25) is 0 Å². The van der Waals surface area contributed by atoms with Gasteiger partial charge in [0.25, 0.3) is 0 Å². The van der Waals surface area contributed by atoms with Crippen LogP contribution >= 0.6 is 11.3 Å². The van der Waals surface area contributed by atoms with Crippen LogP contribution in [0.5, 0.6) is 0 Å². The molecule has 3 heterocycles. The number of aryl methyl sites for hydroxylation is 2. The minimum Gasteiger partial charge on any atom is -0.370 e. The first-order valence-corrected chi connectivity index (χ1v) is 14.0. The molecule has 0 amide bonds. The van der Waals surface area contributed by atoms with Crippen LogP contribution in [0.15, 0.2) is 9.98 Å². The number of nitrogens with two attached hydrogens (primary N) is 4. The zero-order valence-electron chi connectivity index (χ0n) is 23.1. The van der Waals surface area contributed by atoms with Gasteiger partial charge in [-0.1, -0.05) is 58.8 Å². The smallest absolute Gasteiger partial charge is 0.230 e. The molecule has 1 aliphatic heterocycles. The Kier molecular flexibility index (Phi) is 15.1. The number of guanidine groups is 2. The second-order valence-corrected chi connectivity index (χ2v) is 9.86. The highest BCUT2D eigenvalue weighted by atomic mass is 32.1. The molecule has 9 N–H and O–H groups in total. The van der Waals surface area contributed by atoms with Crippen molar-refractivity contribution in [2.24, 2.45) is 32.9 Å². The predicted octanol–water partition coefficient (Wildman–Crippen LogP) is 3.41. The van der Waals surface area contributed by atoms with Gasteiger partial charge in [-0.15, -0.1) is 0 Å². The normalized spacial score (nSPS) is 12.4. The summed E-state index contributed by atoms with van der Waals surface area (Å²) in [6.45, 7) is 13.1. The van der Waals surface area contributed by atoms with E-state index >= 15 is 0 Å². The van der Waals surface area contributed by atoms with Crippen LogP contribution in [0.1, 0.15) is 88.7 Å². The van der Waals surface area contributed by atoms with Crippen molar-refractivity contribution in [2.45, 2.75) is 92.5 Å². The third-order valence-corrected chi connectivity index (χ3v) is 6.16. The molecule has 2 aromatic heterocycles. The molecular formula is C25H46N10OS. The number of nitrogens with zero attached hydrogens (tertiary/aromatic N) is 5. The van der Waals surface area contributed by atoms with E-state index in [0.717, 1.165) is 68.8 Å². The number of hydrogen-bond acceptors (Lipinski definition) is 7. The summed E-state index contributed by atoms with van der Waals surface area (Å²) in [5, 5.41) is 0.624. The second kappa shape index (κ2) is 17.5. The molecule has 0 spiro atoms. The number of Topliss-reactive ketones (excluding diaryl/α,β-unsaturated/α-hetero) is 1. The monoisotopic (exact) mass is 534 g/mol. The van der Waals surface area contributed by atoms with Gasteiger partial charge in [0.2, 0.25) is 11.1 Å². The number of carbonyl (C=O) groups excluding carboxylic acids is 1. The van der Waals surface area contributed by atoms with Gasteiger partial charge >= 0.3 is 0 Å². The molecule has 0 unspecified atom stereocenters. The number of aromatic amines is 1. The van der Waals surface area contributed by atoms with E-state index in [2.05, 4.69) is 57.5 Å². The SMILES string of the molecule is CCC.CCCC(=O)CCN1CCc2nc(N=C(N)N)sc2C1.CCCc1[nH]c(N=C(N)N)nc1CC. The molecule has 37 heavy (non-hydrogen) atoms. The lowest BCUT2D eigenvalue weighted by molar-refractivity contribution is -0.119. The maximum Gasteiger partial charge on any atom is 0.230 e. The summed E-state index contributed by atoms with van der Waals surface area (Å²) < 4.78 is 0. The lowest BCUT2D eigenvalue weighted by Crippen LogP contribution is -2.31. The van der Waals surface area contributed by atoms with Gasteiger partial charge < -0.3 is 27.9 Å². The Bertz CT molecular complexity index is 1000. The van der Waals surface area contributed by atoms with E-state index < -0.39 is 0 Å². The lowest BCUT2D eigenvalue weighted by Gasteiger charge is -2.25. The molecule has 0 saturated heterocycles. The van der Waals surface area contributed by atoms with Gasteiger partial charge in [-0.05, 0) is 19.3 Å². The molecule has 0 radical (unpaired) electrons. The number of rotatable bonds is 10. The maximum absolute atomic E-state index is 11.6. The number of hydrogen-bond donors (Lipinski definition) is 5. The van der Waals surface area contributed by atoms with E-state index in [9.17, 15) is 4.79 Å². The third-order valence-electron chi connectivity index (χ3n) is 5.18. The second-order valence-electron chi connectivity index (χ2n) is 8.80. The Morgan fingerprint density at radius 3 is 2.24 bits per heavy atom. The van der Waals surface area contributed by atoms with E-state index in [1.165, 1.54) is 22.6 Å². The van der Waals surface area contributed by atoms with Crippen LogP contribution in [-0.2, 0) is 30.6 Å². The highest BCUT2D eigenvalue weighted by Gasteiger charge is 2.21. The van der Waals surface area contributed by atoms with E-state index in [1.54, 1.807) is 0 Å². The van der Waals surface area contributed by atoms with Crippen molar-refractivity contribution in [1.82, 2.24) is 19.9 Å². The molecule has 2 aromatic rings. The van der Waals surface area contributed by atoms with Gasteiger partial charge in [-0.2, -0.15) is 9.98 Å². The van der Waals surface area contributed by atoms with Crippen molar-refractivity contribution in [3.8, 4) is 0 Å². The number of aromatic nitrogens is 3. The lowest BCUT2D eigenvalue weighted by atomic mass is 10.1. The van der Waals surface area contributed by atoms with Crippen molar-refractivity contribution in [2.75, 3.05) is 13.1 Å². The fourth-order valence-electron chi connectivity index (χ4n) is 3.63. The number of ketones is 1. The molecule has 0 aliphatic carbocycles. The molecule has 0 fully saturated rings. The molecule has 0 saturated carbocycles. The number of aliphatic imine (C=N–C) groups is 2. The number of carbonyl (C=O) groups is 1. The van der Waals surface area contributed by atoms with Crippen LogP contribution in [0.3, 0.4) is 0 Å². The standard InChI is InChI=1S/C13H21N5OS.C9H17N5.C3H8/c1-2-3-9(19)4-6-18-7-5-10-11(8-18)20-13(16-10)17-12(14)15;1-3-5-7-6(4-2)12-9(13-7)14-8(10)11;1-3-2/h2-8H2,1H3,(H4,14,15,16,17);3-5H2,1-2H3,(H5,10,11,12,13,14);3H2,1-2H3. The summed E-state index contributed by atoms with van der Waals surface area (Å²) >= 11 is 1.53. The van der Waals surface area contributed by atoms with Crippen LogP contribution in [0, 0.1) is 0 Å². The van der Waals surface area contributed by atoms with Crippen molar-refractivity contribution >= 4 is 40.1 Å². The Labute approximate surface area is 225 Å². The van der Waals surface area contributed by atoms with Crippen molar-refractivity contribution in [3.63, 3.8) is 0 Å². The highest BCUT2D eigenvalue weighted by molar-refractivity contribution is 7.15. The fraction of sp³-hybridized carbons (Fsp3) is 0.640. The van der Waals surface area contributed by atoms with Crippen LogP contribution < -0.4 is 22.9 Å². The van der Waals surface area contributed by atoms with Crippen LogP contribution in [0.4, 0.5) is 11.1 Å². The molecule has 1 aliphatic rings. The predicted molar refractivity (Wildman–Crippen MR) is 154 cm³/mol. The number of H-pyrrole nitrogens is 1. The number of fused-ring (bicyclic) bond motifs is 1. The zero-order valence-corrected chi connectivity index (χ0v) is 24.0. The molecule has 11 nitrogen and oxygen atoms in total. The van der Waals surface area contributed by atoms with Gasteiger partial charge in [0.15, 0.2) is 11.9 Å². The fourth-order valence-corrected chi connectivity index (χ4v) is 4.67. The van der Waals surface area contributed by atoms with E-state index in [-0.39, 0.29) is 11.9 Å². The van der Waals surface area contributed by atoms with Gasteiger partial charge in [0.1, 0.15) is 5.78 Å². The number of thiazole rings is 1. The Hall–Kier alpha value is -2.99. The maximum atomic E-state index is 11.6. The van der Waals surface area contributed by atoms with E-state index in [4.69, 9.17) is 22.9 Å². The summed E-state index contributed by atoms with van der Waals surface area (Å²) in [6.07, 6.45) is 7.36. The average molecular weight is 535 g/mol. The minimum absolute atomic E-state index is 0.0319. The molecule has 12 heteroatoms. The molecule has 208 valence electrons. The quantitative estimate of drug-likeness (QED) is 0.226. The largest absolute Gasteiger partial charge is 0.370 e. The number of imidazole rings is 1. The van der Waals surface area contributed by atoms with Crippen molar-refractivity contribution in [3.05, 3.63) is 22.0 Å². The third kappa shape index (κ3) is 12.2. The van der Waals surface area contributed by atoms with Crippen molar-refractivity contribution in [1.29, 1.82) is 0 Å². The van der Waals surface area contributed by atoms with Crippen LogP contribution in [-0.4, -0.2) is 50.6 Å². The number of nitrogens with one attached hydrogen (secondary N) is 1. The summed E-state index contributed by atoms with van der Waals surface area (Å²) in [4.78, 5) is 34.8. The van der Waals surface area contributed by atoms with Crippen molar-refractivity contribution < 1.29 is 4.79 Å². The summed E-state index contributed by atoms with van der Waals surface area (Å²) in [5.41, 5.74) is 24.5. The molecule has 3 rings (SSSR count). The molecule has 0 aromatic carbocycles. The van der Waals surface area contributed by atoms with E-state index in [1.807, 2.05) is 6.92 Å². The topological polar surface area (TPSA) is 191 Å². The molecule has 0 bridgehead atoms. The van der Waals surface area contributed by atoms with Gasteiger partial charge in [-0.25, -0.2) is 9.97 Å². The summed E-state index contributed by atoms with van der Waals surface area (Å²) in [6, 6.07) is 0. The first-order chi connectivity index (χ1) is 17.7. The Morgan fingerprint density at radius 2 is 1.68 bits per heavy atom.